The first-order valence-corrected chi connectivity index (χ1v) is 10.1. The molecule has 0 aromatic heterocycles. The molecule has 0 radical (unpaired) electrons. The molecule has 3 atom stereocenters. The first-order chi connectivity index (χ1) is 14.4. The second-order valence-corrected chi connectivity index (χ2v) is 7.56. The highest BCUT2D eigenvalue weighted by molar-refractivity contribution is 6.33. The molecule has 30 heavy (non-hydrogen) atoms. The van der Waals surface area contributed by atoms with Gasteiger partial charge >= 0.3 is 0 Å². The van der Waals surface area contributed by atoms with Gasteiger partial charge in [-0.3, -0.25) is 14.4 Å². The van der Waals surface area contributed by atoms with Crippen LogP contribution in [0.5, 0.6) is 0 Å². The molecule has 7 nitrogen and oxygen atoms in total. The Kier molecular flexibility index (Phi) is 7.43. The van der Waals surface area contributed by atoms with Crippen LogP contribution in [0.1, 0.15) is 41.2 Å². The molecule has 4 N–H and O–H groups in total. The number of hydrogen-bond donors (Lipinski definition) is 3. The molecular formula is C22H24ClN3O4. The molecule has 8 heteroatoms. The first kappa shape index (κ1) is 21.8. The maximum Gasteiger partial charge on any atom is 0.253 e. The molecule has 0 aliphatic carbocycles. The minimum absolute atomic E-state index is 0.0478. The summed E-state index contributed by atoms with van der Waals surface area (Å²) in [5.41, 5.74) is 6.40. The Morgan fingerprint density at radius 1 is 1.07 bits per heavy atom. The number of benzene rings is 2. The van der Waals surface area contributed by atoms with Crippen molar-refractivity contribution in [2.24, 2.45) is 5.73 Å². The molecule has 1 aliphatic rings. The molecule has 0 spiro atoms. The average Bonchev–Trinajstić information content (AvgIpc) is 3.22. The fourth-order valence-electron chi connectivity index (χ4n) is 3.37. The van der Waals surface area contributed by atoms with Crippen molar-refractivity contribution in [2.75, 3.05) is 6.54 Å². The molecule has 2 aromatic carbocycles. The van der Waals surface area contributed by atoms with Crippen LogP contribution in [0.25, 0.3) is 0 Å². The summed E-state index contributed by atoms with van der Waals surface area (Å²) in [4.78, 5) is 36.4. The van der Waals surface area contributed by atoms with E-state index in [9.17, 15) is 14.4 Å². The smallest absolute Gasteiger partial charge is 0.253 e. The molecule has 3 amide bonds. The normalized spacial score (nSPS) is 19.1. The summed E-state index contributed by atoms with van der Waals surface area (Å²) in [6, 6.07) is 15.5. The van der Waals surface area contributed by atoms with Crippen LogP contribution in [-0.4, -0.2) is 36.5 Å². The lowest BCUT2D eigenvalue weighted by Gasteiger charge is -2.20. The van der Waals surface area contributed by atoms with E-state index >= 15 is 0 Å². The number of ether oxygens (including phenoxy) is 1. The van der Waals surface area contributed by atoms with E-state index in [-0.39, 0.29) is 30.9 Å². The van der Waals surface area contributed by atoms with Crippen LogP contribution in [0.3, 0.4) is 0 Å². The lowest BCUT2D eigenvalue weighted by molar-refractivity contribution is -0.128. The third-order valence-corrected chi connectivity index (χ3v) is 5.30. The predicted molar refractivity (Wildman–Crippen MR) is 113 cm³/mol. The molecular weight excluding hydrogens is 406 g/mol. The van der Waals surface area contributed by atoms with Crippen molar-refractivity contribution in [2.45, 2.75) is 37.5 Å². The Bertz CT molecular complexity index is 906. The zero-order valence-corrected chi connectivity index (χ0v) is 17.1. The van der Waals surface area contributed by atoms with Gasteiger partial charge in [0, 0.05) is 6.54 Å². The van der Waals surface area contributed by atoms with Crippen molar-refractivity contribution in [3.8, 4) is 0 Å². The van der Waals surface area contributed by atoms with Gasteiger partial charge in [0.05, 0.1) is 29.2 Å². The van der Waals surface area contributed by atoms with Gasteiger partial charge in [0.1, 0.15) is 6.10 Å². The van der Waals surface area contributed by atoms with Gasteiger partial charge in [-0.2, -0.15) is 0 Å². The molecule has 1 heterocycles. The Morgan fingerprint density at radius 3 is 2.43 bits per heavy atom. The largest absolute Gasteiger partial charge is 0.367 e. The van der Waals surface area contributed by atoms with Crippen LogP contribution in [-0.2, 0) is 14.3 Å². The summed E-state index contributed by atoms with van der Waals surface area (Å²) < 4.78 is 5.52. The lowest BCUT2D eigenvalue weighted by Crippen LogP contribution is -2.37. The summed E-state index contributed by atoms with van der Waals surface area (Å²) in [7, 11) is 0. The SMILES string of the molecule is NC(=O)C1CCC(CNC(=O)CC(NC(=O)c2ccccc2Cl)c2ccccc2)O1. The summed E-state index contributed by atoms with van der Waals surface area (Å²) in [6.07, 6.45) is 0.403. The third kappa shape index (κ3) is 5.81. The Labute approximate surface area is 179 Å². The highest BCUT2D eigenvalue weighted by Gasteiger charge is 2.29. The molecule has 1 saturated heterocycles. The number of halogens is 1. The number of nitrogens with one attached hydrogen (secondary N) is 2. The second kappa shape index (κ2) is 10.2. The number of hydrogen-bond acceptors (Lipinski definition) is 4. The van der Waals surface area contributed by atoms with Gasteiger partial charge in [-0.05, 0) is 30.5 Å². The van der Waals surface area contributed by atoms with Crippen LogP contribution in [0, 0.1) is 0 Å². The van der Waals surface area contributed by atoms with E-state index in [1.54, 1.807) is 24.3 Å². The average molecular weight is 430 g/mol. The Hall–Kier alpha value is -2.90. The highest BCUT2D eigenvalue weighted by Crippen LogP contribution is 2.21. The molecule has 0 saturated carbocycles. The van der Waals surface area contributed by atoms with Crippen LogP contribution in [0.4, 0.5) is 0 Å². The second-order valence-electron chi connectivity index (χ2n) is 7.15. The van der Waals surface area contributed by atoms with Crippen LogP contribution >= 0.6 is 11.6 Å². The molecule has 158 valence electrons. The fourth-order valence-corrected chi connectivity index (χ4v) is 3.59. The molecule has 3 rings (SSSR count). The van der Waals surface area contributed by atoms with Gasteiger partial charge in [0.2, 0.25) is 11.8 Å². The standard InChI is InChI=1S/C22H24ClN3O4/c23-17-9-5-4-8-16(17)22(29)26-18(14-6-2-1-3-7-14)12-20(27)25-13-15-10-11-19(30-15)21(24)28/h1-9,15,18-19H,10-13H2,(H2,24,28)(H,25,27)(H,26,29). The Morgan fingerprint density at radius 2 is 1.77 bits per heavy atom. The molecule has 3 unspecified atom stereocenters. The van der Waals surface area contributed by atoms with E-state index in [2.05, 4.69) is 10.6 Å². The van der Waals surface area contributed by atoms with Gasteiger partial charge in [0.15, 0.2) is 0 Å². The quantitative estimate of drug-likeness (QED) is 0.598. The number of amides is 3. The Balaban J connectivity index is 1.62. The van der Waals surface area contributed by atoms with E-state index in [1.807, 2.05) is 30.3 Å². The van der Waals surface area contributed by atoms with Crippen molar-refractivity contribution >= 4 is 29.3 Å². The van der Waals surface area contributed by atoms with Crippen LogP contribution < -0.4 is 16.4 Å². The summed E-state index contributed by atoms with van der Waals surface area (Å²) in [6.45, 7) is 0.280. The molecule has 2 aromatic rings. The van der Waals surface area contributed by atoms with Gasteiger partial charge in [0.25, 0.3) is 5.91 Å². The fraction of sp³-hybridized carbons (Fsp3) is 0.318. The van der Waals surface area contributed by atoms with Gasteiger partial charge in [-0.25, -0.2) is 0 Å². The third-order valence-electron chi connectivity index (χ3n) is 4.97. The zero-order chi connectivity index (χ0) is 21.5. The maximum atomic E-state index is 12.7. The summed E-state index contributed by atoms with van der Waals surface area (Å²) >= 11 is 6.12. The summed E-state index contributed by atoms with van der Waals surface area (Å²) in [5, 5.41) is 6.05. The van der Waals surface area contributed by atoms with Gasteiger partial charge in [-0.15, -0.1) is 0 Å². The maximum absolute atomic E-state index is 12.7. The summed E-state index contributed by atoms with van der Waals surface area (Å²) in [5.74, 6) is -1.09. The van der Waals surface area contributed by atoms with Gasteiger partial charge < -0.3 is 21.1 Å². The highest BCUT2D eigenvalue weighted by atomic mass is 35.5. The lowest BCUT2D eigenvalue weighted by atomic mass is 10.0. The topological polar surface area (TPSA) is 111 Å². The monoisotopic (exact) mass is 429 g/mol. The van der Waals surface area contributed by atoms with Gasteiger partial charge in [-0.1, -0.05) is 54.1 Å². The minimum Gasteiger partial charge on any atom is -0.367 e. The number of carbonyl (C=O) groups excluding carboxylic acids is 3. The van der Waals surface area contributed by atoms with E-state index in [0.29, 0.717) is 23.4 Å². The first-order valence-electron chi connectivity index (χ1n) is 9.76. The van der Waals surface area contributed by atoms with E-state index < -0.39 is 18.1 Å². The minimum atomic E-state index is -0.598. The van der Waals surface area contributed by atoms with Crippen molar-refractivity contribution in [1.82, 2.24) is 10.6 Å². The van der Waals surface area contributed by atoms with Crippen molar-refractivity contribution < 1.29 is 19.1 Å². The molecule has 0 bridgehead atoms. The number of rotatable bonds is 8. The number of carbonyl (C=O) groups is 3. The number of nitrogens with two attached hydrogens (primary N) is 1. The van der Waals surface area contributed by atoms with E-state index in [4.69, 9.17) is 22.1 Å². The van der Waals surface area contributed by atoms with Crippen molar-refractivity contribution in [3.05, 3.63) is 70.7 Å². The van der Waals surface area contributed by atoms with Crippen LogP contribution in [0.2, 0.25) is 5.02 Å². The van der Waals surface area contributed by atoms with Crippen molar-refractivity contribution in [1.29, 1.82) is 0 Å². The van der Waals surface area contributed by atoms with Crippen molar-refractivity contribution in [3.63, 3.8) is 0 Å². The van der Waals surface area contributed by atoms with E-state index in [0.717, 1.165) is 5.56 Å². The zero-order valence-electron chi connectivity index (χ0n) is 16.3. The van der Waals surface area contributed by atoms with E-state index in [1.165, 1.54) is 0 Å². The number of primary amides is 1. The molecule has 1 aliphatic heterocycles. The van der Waals surface area contributed by atoms with Crippen LogP contribution in [0.15, 0.2) is 54.6 Å². The predicted octanol–water partition coefficient (Wildman–Crippen LogP) is 2.35. The molecule has 1 fully saturated rings.